The maximum Gasteiger partial charge on any atom is 0.408 e. The number of nitrogens with one attached hydrogen (secondary N) is 1. The number of nitrogens with two attached hydrogens (primary N) is 1. The smallest absolute Gasteiger partial charge is 0.408 e. The van der Waals surface area contributed by atoms with Gasteiger partial charge in [0, 0.05) is 5.02 Å². The monoisotopic (exact) mass is 415 g/mol. The minimum absolute atomic E-state index is 0.271. The fourth-order valence-electron chi connectivity index (χ4n) is 3.00. The van der Waals surface area contributed by atoms with Gasteiger partial charge in [-0.05, 0) is 63.4 Å². The number of amidine groups is 1. The highest BCUT2D eigenvalue weighted by Crippen LogP contribution is 2.35. The van der Waals surface area contributed by atoms with Gasteiger partial charge in [-0.1, -0.05) is 35.9 Å². The molecule has 0 radical (unpaired) electrons. The van der Waals surface area contributed by atoms with Crippen LogP contribution in [0.25, 0.3) is 0 Å². The maximum atomic E-state index is 12.5. The van der Waals surface area contributed by atoms with E-state index in [1.807, 2.05) is 70.2 Å². The van der Waals surface area contributed by atoms with Crippen molar-refractivity contribution < 1.29 is 14.3 Å². The summed E-state index contributed by atoms with van der Waals surface area (Å²) in [7, 11) is 0. The quantitative estimate of drug-likeness (QED) is 0.742. The van der Waals surface area contributed by atoms with Crippen molar-refractivity contribution in [3.8, 4) is 5.75 Å². The Kier molecular flexibility index (Phi) is 6.03. The van der Waals surface area contributed by atoms with E-state index >= 15 is 0 Å². The van der Waals surface area contributed by atoms with Crippen molar-refractivity contribution in [1.29, 1.82) is 0 Å². The van der Waals surface area contributed by atoms with Crippen LogP contribution in [-0.4, -0.2) is 23.6 Å². The predicted molar refractivity (Wildman–Crippen MR) is 115 cm³/mol. The first kappa shape index (κ1) is 21.0. The number of ether oxygens (including phenoxy) is 2. The average Bonchev–Trinajstić information content (AvgIpc) is 2.62. The Hall–Kier alpha value is -2.73. The highest BCUT2D eigenvalue weighted by Gasteiger charge is 2.24. The van der Waals surface area contributed by atoms with Gasteiger partial charge in [-0.15, -0.1) is 0 Å². The first-order valence-electron chi connectivity index (χ1n) is 9.50. The Labute approximate surface area is 176 Å². The van der Waals surface area contributed by atoms with Crippen molar-refractivity contribution in [3.05, 3.63) is 58.6 Å². The molecule has 29 heavy (non-hydrogen) atoms. The van der Waals surface area contributed by atoms with Gasteiger partial charge in [0.05, 0.1) is 6.04 Å². The normalized spacial score (nSPS) is 16.9. The molecule has 0 aromatic heterocycles. The maximum absolute atomic E-state index is 12.5. The van der Waals surface area contributed by atoms with Crippen LogP contribution in [0, 0.1) is 0 Å². The van der Waals surface area contributed by atoms with Gasteiger partial charge in [0.1, 0.15) is 22.9 Å². The molecule has 1 aliphatic heterocycles. The lowest BCUT2D eigenvalue weighted by Crippen LogP contribution is -2.36. The van der Waals surface area contributed by atoms with Crippen molar-refractivity contribution in [2.45, 2.75) is 51.9 Å². The number of amides is 1. The first-order chi connectivity index (χ1) is 13.6. The molecule has 0 aliphatic carbocycles. The molecule has 1 aliphatic rings. The van der Waals surface area contributed by atoms with E-state index in [0.29, 0.717) is 28.7 Å². The molecule has 0 bridgehead atoms. The van der Waals surface area contributed by atoms with Crippen molar-refractivity contribution in [2.24, 2.45) is 10.7 Å². The molecule has 2 aromatic rings. The van der Waals surface area contributed by atoms with Crippen molar-refractivity contribution in [3.63, 3.8) is 0 Å². The van der Waals surface area contributed by atoms with Crippen molar-refractivity contribution in [2.75, 3.05) is 0 Å². The molecule has 7 heteroatoms. The number of carbonyl (C=O) groups is 1. The summed E-state index contributed by atoms with van der Waals surface area (Å²) < 4.78 is 11.2. The zero-order chi connectivity index (χ0) is 21.2. The third kappa shape index (κ3) is 5.41. The number of alkyl carbamates (subject to hydrolysis) is 1. The molecule has 0 fully saturated rings. The summed E-state index contributed by atoms with van der Waals surface area (Å²) in [4.78, 5) is 16.9. The standard InChI is InChI=1S/C22H26ClN3O3/c1-13-20(24)25-18-12-15(9-10-19(18)28-13)17(26-21(27)29-22(2,3)4)11-14-7-5-6-8-16(14)23/h5-10,12-13,17H,11H2,1-4H3,(H2,24,25)(H,26,27). The summed E-state index contributed by atoms with van der Waals surface area (Å²) >= 11 is 6.35. The molecule has 0 saturated carbocycles. The van der Waals surface area contributed by atoms with E-state index < -0.39 is 11.7 Å². The molecular weight excluding hydrogens is 390 g/mol. The largest absolute Gasteiger partial charge is 0.481 e. The zero-order valence-corrected chi connectivity index (χ0v) is 17.8. The minimum atomic E-state index is -0.600. The predicted octanol–water partition coefficient (Wildman–Crippen LogP) is 4.92. The lowest BCUT2D eigenvalue weighted by Gasteiger charge is -2.26. The Morgan fingerprint density at radius 1 is 1.31 bits per heavy atom. The Balaban J connectivity index is 1.92. The number of carbonyl (C=O) groups excluding carboxylic acids is 1. The van der Waals surface area contributed by atoms with E-state index in [4.69, 9.17) is 26.8 Å². The number of benzene rings is 2. The van der Waals surface area contributed by atoms with Gasteiger partial charge in [0.2, 0.25) is 0 Å². The van der Waals surface area contributed by atoms with Gasteiger partial charge >= 0.3 is 6.09 Å². The van der Waals surface area contributed by atoms with Crippen molar-refractivity contribution >= 4 is 29.2 Å². The Bertz CT molecular complexity index is 937. The van der Waals surface area contributed by atoms with E-state index in [2.05, 4.69) is 10.3 Å². The van der Waals surface area contributed by atoms with Crippen LogP contribution in [-0.2, 0) is 11.2 Å². The van der Waals surface area contributed by atoms with Crippen LogP contribution in [0.3, 0.4) is 0 Å². The van der Waals surface area contributed by atoms with Gasteiger partial charge in [0.15, 0.2) is 6.10 Å². The summed E-state index contributed by atoms with van der Waals surface area (Å²) in [5.41, 5.74) is 7.73. The number of hydrogen-bond donors (Lipinski definition) is 2. The van der Waals surface area contributed by atoms with E-state index in [9.17, 15) is 4.79 Å². The summed E-state index contributed by atoms with van der Waals surface area (Å²) in [6.45, 7) is 7.32. The fourth-order valence-corrected chi connectivity index (χ4v) is 3.22. The molecule has 2 aromatic carbocycles. The summed E-state index contributed by atoms with van der Waals surface area (Å²) in [6.07, 6.45) is -0.277. The summed E-state index contributed by atoms with van der Waals surface area (Å²) in [5.74, 6) is 1.07. The number of nitrogens with zero attached hydrogens (tertiary/aromatic N) is 1. The van der Waals surface area contributed by atoms with Gasteiger partial charge in [-0.2, -0.15) is 0 Å². The third-order valence-corrected chi connectivity index (χ3v) is 4.80. The van der Waals surface area contributed by atoms with Gasteiger partial charge < -0.3 is 20.5 Å². The van der Waals surface area contributed by atoms with Gasteiger partial charge in [-0.25, -0.2) is 9.79 Å². The molecule has 3 N–H and O–H groups in total. The highest BCUT2D eigenvalue weighted by molar-refractivity contribution is 6.31. The van der Waals surface area contributed by atoms with Gasteiger partial charge in [-0.3, -0.25) is 0 Å². The van der Waals surface area contributed by atoms with E-state index in [1.165, 1.54) is 0 Å². The molecule has 154 valence electrons. The van der Waals surface area contributed by atoms with Crippen LogP contribution in [0.15, 0.2) is 47.5 Å². The number of fused-ring (bicyclic) bond motifs is 1. The highest BCUT2D eigenvalue weighted by atomic mass is 35.5. The van der Waals surface area contributed by atoms with Crippen LogP contribution in [0.2, 0.25) is 5.02 Å². The van der Waals surface area contributed by atoms with E-state index in [1.54, 1.807) is 0 Å². The molecule has 1 heterocycles. The Morgan fingerprint density at radius 2 is 2.03 bits per heavy atom. The lowest BCUT2D eigenvalue weighted by atomic mass is 9.98. The lowest BCUT2D eigenvalue weighted by molar-refractivity contribution is 0.0503. The number of rotatable bonds is 4. The van der Waals surface area contributed by atoms with Crippen LogP contribution < -0.4 is 15.8 Å². The number of aliphatic imine (C=N–C) groups is 1. The van der Waals surface area contributed by atoms with Crippen LogP contribution in [0.5, 0.6) is 5.75 Å². The minimum Gasteiger partial charge on any atom is -0.481 e. The molecule has 3 rings (SSSR count). The molecular formula is C22H26ClN3O3. The first-order valence-corrected chi connectivity index (χ1v) is 9.88. The summed E-state index contributed by atoms with van der Waals surface area (Å²) in [5, 5.41) is 3.59. The topological polar surface area (TPSA) is 85.9 Å². The average molecular weight is 416 g/mol. The SMILES string of the molecule is CC1Oc2ccc(C(Cc3ccccc3Cl)NC(=O)OC(C)(C)C)cc2N=C1N. The fraction of sp³-hybridized carbons (Fsp3) is 0.364. The molecule has 2 unspecified atom stereocenters. The molecule has 0 spiro atoms. The number of hydrogen-bond acceptors (Lipinski definition) is 5. The summed E-state index contributed by atoms with van der Waals surface area (Å²) in [6, 6.07) is 12.8. The molecule has 0 saturated heterocycles. The zero-order valence-electron chi connectivity index (χ0n) is 17.0. The third-order valence-electron chi connectivity index (χ3n) is 4.43. The second-order valence-electron chi connectivity index (χ2n) is 8.02. The number of halogens is 1. The Morgan fingerprint density at radius 3 is 2.72 bits per heavy atom. The van der Waals surface area contributed by atoms with Crippen LogP contribution >= 0.6 is 11.6 Å². The molecule has 6 nitrogen and oxygen atoms in total. The van der Waals surface area contributed by atoms with E-state index in [0.717, 1.165) is 11.1 Å². The molecule has 1 amide bonds. The van der Waals surface area contributed by atoms with E-state index in [-0.39, 0.29) is 12.1 Å². The second-order valence-corrected chi connectivity index (χ2v) is 8.43. The van der Waals surface area contributed by atoms with Crippen LogP contribution in [0.4, 0.5) is 10.5 Å². The second kappa shape index (κ2) is 8.33. The van der Waals surface area contributed by atoms with Gasteiger partial charge in [0.25, 0.3) is 0 Å². The molecule has 2 atom stereocenters. The van der Waals surface area contributed by atoms with Crippen molar-refractivity contribution in [1.82, 2.24) is 5.32 Å². The van der Waals surface area contributed by atoms with Crippen LogP contribution in [0.1, 0.15) is 44.9 Å².